The molecule has 0 aliphatic carbocycles. The predicted octanol–water partition coefficient (Wildman–Crippen LogP) is 3.11. The van der Waals surface area contributed by atoms with Crippen LogP contribution in [-0.2, 0) is 4.79 Å². The van der Waals surface area contributed by atoms with E-state index >= 15 is 0 Å². The normalized spacial score (nSPS) is 10.6. The summed E-state index contributed by atoms with van der Waals surface area (Å²) in [5.74, 6) is -0.250. The molecule has 0 fully saturated rings. The molecule has 0 saturated carbocycles. The van der Waals surface area contributed by atoms with Crippen molar-refractivity contribution >= 4 is 29.3 Å². The minimum absolute atomic E-state index is 0.0468. The molecule has 0 aromatic heterocycles. The average molecular weight is 337 g/mol. The third-order valence-electron chi connectivity index (χ3n) is 3.64. The molecule has 2 amide bonds. The smallest absolute Gasteiger partial charge is 0.253 e. The molecule has 5 heteroatoms. The fraction of sp³-hybridized carbons (Fsp3) is 0.200. The van der Waals surface area contributed by atoms with Crippen LogP contribution in [0.15, 0.2) is 54.6 Å². The van der Waals surface area contributed by atoms with Gasteiger partial charge in [0.2, 0.25) is 5.91 Å². The second-order valence-electron chi connectivity index (χ2n) is 6.09. The van der Waals surface area contributed by atoms with Gasteiger partial charge in [-0.25, -0.2) is 0 Å². The first kappa shape index (κ1) is 18.3. The summed E-state index contributed by atoms with van der Waals surface area (Å²) in [4.78, 5) is 27.4. The van der Waals surface area contributed by atoms with E-state index in [0.717, 1.165) is 16.9 Å². The fourth-order valence-electron chi connectivity index (χ4n) is 2.19. The van der Waals surface area contributed by atoms with Crippen molar-refractivity contribution in [1.29, 1.82) is 0 Å². The largest absolute Gasteiger partial charge is 0.378 e. The first-order chi connectivity index (χ1) is 11.9. The van der Waals surface area contributed by atoms with Crippen LogP contribution in [0.3, 0.4) is 0 Å². The molecule has 130 valence electrons. The van der Waals surface area contributed by atoms with E-state index in [1.807, 2.05) is 55.4 Å². The Balaban J connectivity index is 1.96. The molecule has 0 aliphatic heterocycles. The molecule has 0 spiro atoms. The van der Waals surface area contributed by atoms with E-state index in [-0.39, 0.29) is 11.8 Å². The number of benzene rings is 2. The lowest BCUT2D eigenvalue weighted by atomic mass is 10.1. The number of carbonyl (C=O) groups is 2. The summed E-state index contributed by atoms with van der Waals surface area (Å²) in [5, 5.41) is 2.82. The van der Waals surface area contributed by atoms with Gasteiger partial charge in [0.1, 0.15) is 0 Å². The second-order valence-corrected chi connectivity index (χ2v) is 6.09. The molecule has 0 atom stereocenters. The maximum absolute atomic E-state index is 12.0. The summed E-state index contributed by atoms with van der Waals surface area (Å²) < 4.78 is 0. The van der Waals surface area contributed by atoms with E-state index in [4.69, 9.17) is 0 Å². The van der Waals surface area contributed by atoms with Gasteiger partial charge in [-0.15, -0.1) is 0 Å². The first-order valence-corrected chi connectivity index (χ1v) is 7.95. The molecule has 25 heavy (non-hydrogen) atoms. The summed E-state index contributed by atoms with van der Waals surface area (Å²) in [5.41, 5.74) is 3.29. The zero-order valence-corrected chi connectivity index (χ0v) is 15.0. The Bertz CT molecular complexity index is 761. The lowest BCUT2D eigenvalue weighted by Gasteiger charge is -2.12. The SMILES string of the molecule is CN(C)C(=O)c1ccc(/C=C/C(=O)Nc2ccc(N(C)C)cc2)cc1. The van der Waals surface area contributed by atoms with E-state index in [1.54, 1.807) is 32.3 Å². The maximum atomic E-state index is 12.0. The Morgan fingerprint density at radius 1 is 0.880 bits per heavy atom. The molecule has 2 aromatic rings. The quantitative estimate of drug-likeness (QED) is 0.853. The molecule has 0 unspecified atom stereocenters. The highest BCUT2D eigenvalue weighted by Crippen LogP contribution is 2.15. The number of hydrogen-bond acceptors (Lipinski definition) is 3. The van der Waals surface area contributed by atoms with Gasteiger partial charge in [-0.2, -0.15) is 0 Å². The topological polar surface area (TPSA) is 52.7 Å². The van der Waals surface area contributed by atoms with Crippen LogP contribution in [0.5, 0.6) is 0 Å². The number of carbonyl (C=O) groups excluding carboxylic acids is 2. The summed E-state index contributed by atoms with van der Waals surface area (Å²) >= 11 is 0. The monoisotopic (exact) mass is 337 g/mol. The van der Waals surface area contributed by atoms with Crippen LogP contribution in [0, 0.1) is 0 Å². The van der Waals surface area contributed by atoms with Crippen LogP contribution in [0.2, 0.25) is 0 Å². The van der Waals surface area contributed by atoms with Crippen molar-refractivity contribution < 1.29 is 9.59 Å². The van der Waals surface area contributed by atoms with Crippen LogP contribution in [0.4, 0.5) is 11.4 Å². The van der Waals surface area contributed by atoms with Crippen molar-refractivity contribution in [2.24, 2.45) is 0 Å². The van der Waals surface area contributed by atoms with Crippen molar-refractivity contribution in [3.8, 4) is 0 Å². The number of amides is 2. The van der Waals surface area contributed by atoms with Crippen LogP contribution >= 0.6 is 0 Å². The third-order valence-corrected chi connectivity index (χ3v) is 3.64. The van der Waals surface area contributed by atoms with Gasteiger partial charge in [0.15, 0.2) is 0 Å². The van der Waals surface area contributed by atoms with Crippen molar-refractivity contribution in [2.45, 2.75) is 0 Å². The molecule has 2 rings (SSSR count). The fourth-order valence-corrected chi connectivity index (χ4v) is 2.19. The van der Waals surface area contributed by atoms with Gasteiger partial charge >= 0.3 is 0 Å². The summed E-state index contributed by atoms with van der Waals surface area (Å²) in [7, 11) is 7.36. The van der Waals surface area contributed by atoms with Gasteiger partial charge < -0.3 is 15.1 Å². The zero-order valence-electron chi connectivity index (χ0n) is 15.0. The van der Waals surface area contributed by atoms with E-state index in [1.165, 1.54) is 11.0 Å². The van der Waals surface area contributed by atoms with Crippen LogP contribution in [0.1, 0.15) is 15.9 Å². The highest BCUT2D eigenvalue weighted by Gasteiger charge is 2.06. The van der Waals surface area contributed by atoms with E-state index in [9.17, 15) is 9.59 Å². The van der Waals surface area contributed by atoms with Gasteiger partial charge in [-0.05, 0) is 48.0 Å². The molecule has 0 radical (unpaired) electrons. The number of rotatable bonds is 5. The first-order valence-electron chi connectivity index (χ1n) is 7.95. The highest BCUT2D eigenvalue weighted by atomic mass is 16.2. The molecular weight excluding hydrogens is 314 g/mol. The predicted molar refractivity (Wildman–Crippen MR) is 103 cm³/mol. The van der Waals surface area contributed by atoms with Gasteiger partial charge in [-0.3, -0.25) is 9.59 Å². The summed E-state index contributed by atoms with van der Waals surface area (Å²) in [6, 6.07) is 14.7. The van der Waals surface area contributed by atoms with Gasteiger partial charge in [0, 0.05) is 51.2 Å². The number of nitrogens with one attached hydrogen (secondary N) is 1. The standard InChI is InChI=1S/C20H23N3O2/c1-22(2)18-12-10-17(11-13-18)21-19(24)14-7-15-5-8-16(9-6-15)20(25)23(3)4/h5-14H,1-4H3,(H,21,24)/b14-7+. The minimum Gasteiger partial charge on any atom is -0.378 e. The number of nitrogens with zero attached hydrogens (tertiary/aromatic N) is 2. The molecule has 0 saturated heterocycles. The van der Waals surface area contributed by atoms with Crippen LogP contribution in [-0.4, -0.2) is 44.9 Å². The van der Waals surface area contributed by atoms with Gasteiger partial charge in [-0.1, -0.05) is 12.1 Å². The Hall–Kier alpha value is -3.08. The molecule has 0 bridgehead atoms. The summed E-state index contributed by atoms with van der Waals surface area (Å²) in [6.07, 6.45) is 3.19. The lowest BCUT2D eigenvalue weighted by molar-refractivity contribution is -0.111. The molecular formula is C20H23N3O2. The van der Waals surface area contributed by atoms with Crippen LogP contribution in [0.25, 0.3) is 6.08 Å². The lowest BCUT2D eigenvalue weighted by Crippen LogP contribution is -2.21. The summed E-state index contributed by atoms with van der Waals surface area (Å²) in [6.45, 7) is 0. The highest BCUT2D eigenvalue weighted by molar-refractivity contribution is 6.02. The van der Waals surface area contributed by atoms with Crippen molar-refractivity contribution in [1.82, 2.24) is 4.90 Å². The zero-order chi connectivity index (χ0) is 18.4. The Labute approximate surface area is 148 Å². The Kier molecular flexibility index (Phi) is 5.95. The van der Waals surface area contributed by atoms with Crippen LogP contribution < -0.4 is 10.2 Å². The van der Waals surface area contributed by atoms with E-state index < -0.39 is 0 Å². The average Bonchev–Trinajstić information content (AvgIpc) is 2.60. The van der Waals surface area contributed by atoms with Gasteiger partial charge in [0.05, 0.1) is 0 Å². The minimum atomic E-state index is -0.203. The number of hydrogen-bond donors (Lipinski definition) is 1. The van der Waals surface area contributed by atoms with Crippen molar-refractivity contribution in [3.63, 3.8) is 0 Å². The molecule has 5 nitrogen and oxygen atoms in total. The Morgan fingerprint density at radius 3 is 2.00 bits per heavy atom. The maximum Gasteiger partial charge on any atom is 0.253 e. The Morgan fingerprint density at radius 2 is 1.48 bits per heavy atom. The molecule has 0 heterocycles. The molecule has 0 aliphatic rings. The number of anilines is 2. The van der Waals surface area contributed by atoms with E-state index in [2.05, 4.69) is 5.32 Å². The molecule has 1 N–H and O–H groups in total. The van der Waals surface area contributed by atoms with E-state index in [0.29, 0.717) is 5.56 Å². The third kappa shape index (κ3) is 5.21. The second kappa shape index (κ2) is 8.15. The van der Waals surface area contributed by atoms with Gasteiger partial charge in [0.25, 0.3) is 5.91 Å². The van der Waals surface area contributed by atoms with Crippen molar-refractivity contribution in [3.05, 3.63) is 65.7 Å². The molecule has 2 aromatic carbocycles. The van der Waals surface area contributed by atoms with Crippen molar-refractivity contribution in [2.75, 3.05) is 38.4 Å².